The Kier molecular flexibility index (Phi) is 7.99. The molecule has 0 spiro atoms. The quantitative estimate of drug-likeness (QED) is 0.181. The molecule has 0 amide bonds. The molecule has 4 aliphatic heterocycles. The third-order valence-corrected chi connectivity index (χ3v) is 12.4. The van der Waals surface area contributed by atoms with Crippen molar-refractivity contribution >= 4 is 33.1 Å². The molecule has 53 heavy (non-hydrogen) atoms. The summed E-state index contributed by atoms with van der Waals surface area (Å²) in [6, 6.07) is 32.1. The van der Waals surface area contributed by atoms with Gasteiger partial charge in [0.15, 0.2) is 0 Å². The number of aromatic nitrogens is 6. The molecule has 2 atom stereocenters. The van der Waals surface area contributed by atoms with Gasteiger partial charge in [0, 0.05) is 86.9 Å². The Labute approximate surface area is 310 Å². The van der Waals surface area contributed by atoms with Gasteiger partial charge in [-0.3, -0.25) is 9.80 Å². The van der Waals surface area contributed by atoms with Crippen LogP contribution < -0.4 is 0 Å². The van der Waals surface area contributed by atoms with Gasteiger partial charge in [-0.05, 0) is 122 Å². The van der Waals surface area contributed by atoms with Gasteiger partial charge < -0.3 is 17.9 Å². The molecule has 8 heteroatoms. The molecule has 0 saturated carbocycles. The lowest BCUT2D eigenvalue weighted by atomic mass is 10.1. The van der Waals surface area contributed by atoms with Crippen LogP contribution in [0.15, 0.2) is 110 Å². The molecular formula is C45H48N8. The molecule has 0 unspecified atom stereocenters. The average molecular weight is 701 g/mol. The average Bonchev–Trinajstić information content (AvgIpc) is 4.03. The molecule has 8 aromatic rings. The third kappa shape index (κ3) is 5.67. The van der Waals surface area contributed by atoms with Crippen LogP contribution in [-0.4, -0.2) is 76.0 Å². The maximum absolute atomic E-state index is 5.04. The summed E-state index contributed by atoms with van der Waals surface area (Å²) in [5, 5.41) is 0. The third-order valence-electron chi connectivity index (χ3n) is 12.4. The highest BCUT2D eigenvalue weighted by Crippen LogP contribution is 2.32. The standard InChI is InChI=1S/2C22H22N4.CH4/c2*1-3-18-7-5-17(15-25(18)10-1)16-6-8-21-20(13-16)23-22-14-19-4-2-9-24(19)11-12-26(21)22;/h2*1,3,5-8,10,13,15,19H,2,4,9,11-12,14H2;1H4/t2*19-;/m10./s1. The van der Waals surface area contributed by atoms with E-state index in [0.29, 0.717) is 12.1 Å². The molecule has 0 bridgehead atoms. The molecule has 2 saturated heterocycles. The molecule has 8 nitrogen and oxygen atoms in total. The highest BCUT2D eigenvalue weighted by atomic mass is 15.2. The van der Waals surface area contributed by atoms with E-state index in [-0.39, 0.29) is 7.43 Å². The molecule has 6 aromatic heterocycles. The fourth-order valence-electron chi connectivity index (χ4n) is 9.66. The zero-order valence-corrected chi connectivity index (χ0v) is 29.6. The van der Waals surface area contributed by atoms with Crippen molar-refractivity contribution in [1.82, 2.24) is 37.7 Å². The summed E-state index contributed by atoms with van der Waals surface area (Å²) in [6.45, 7) is 6.98. The first kappa shape index (κ1) is 32.5. The van der Waals surface area contributed by atoms with Gasteiger partial charge in [-0.25, -0.2) is 9.97 Å². The summed E-state index contributed by atoms with van der Waals surface area (Å²) in [6.07, 6.45) is 16.1. The molecular weight excluding hydrogens is 653 g/mol. The predicted octanol–water partition coefficient (Wildman–Crippen LogP) is 8.59. The summed E-state index contributed by atoms with van der Waals surface area (Å²) < 4.78 is 9.26. The fraction of sp³-hybridized carbons (Fsp3) is 0.333. The van der Waals surface area contributed by atoms with Gasteiger partial charge in [0.2, 0.25) is 0 Å². The Balaban J connectivity index is 0.000000129. The predicted molar refractivity (Wildman–Crippen MR) is 216 cm³/mol. The minimum absolute atomic E-state index is 0. The van der Waals surface area contributed by atoms with Gasteiger partial charge in [-0.1, -0.05) is 31.7 Å². The first-order valence-electron chi connectivity index (χ1n) is 19.3. The van der Waals surface area contributed by atoms with E-state index in [1.54, 1.807) is 0 Å². The highest BCUT2D eigenvalue weighted by Gasteiger charge is 2.30. The summed E-state index contributed by atoms with van der Waals surface area (Å²) in [4.78, 5) is 15.4. The van der Waals surface area contributed by atoms with Gasteiger partial charge in [-0.2, -0.15) is 0 Å². The highest BCUT2D eigenvalue weighted by molar-refractivity contribution is 5.84. The first-order valence-corrected chi connectivity index (χ1v) is 19.3. The van der Waals surface area contributed by atoms with Crippen molar-refractivity contribution in [2.24, 2.45) is 0 Å². The Morgan fingerprint density at radius 1 is 0.491 bits per heavy atom. The molecule has 10 heterocycles. The van der Waals surface area contributed by atoms with Crippen molar-refractivity contribution in [3.8, 4) is 22.3 Å². The lowest BCUT2D eigenvalue weighted by molar-refractivity contribution is 0.258. The second-order valence-corrected chi connectivity index (χ2v) is 15.4. The van der Waals surface area contributed by atoms with E-state index in [4.69, 9.17) is 9.97 Å². The Hall–Kier alpha value is -5.18. The van der Waals surface area contributed by atoms with Crippen molar-refractivity contribution in [3.05, 3.63) is 121 Å². The molecule has 0 radical (unpaired) electrons. The number of fused-ring (bicyclic) bond motifs is 10. The van der Waals surface area contributed by atoms with Crippen LogP contribution in [0.25, 0.3) is 55.4 Å². The second-order valence-electron chi connectivity index (χ2n) is 15.4. The monoisotopic (exact) mass is 700 g/mol. The molecule has 12 rings (SSSR count). The SMILES string of the molecule is C.c1cc2ccc(-c3ccc4c(c3)nc3n4CCN4CCC[C@@H]4C3)cn2c1.c1cc2ccc(-c3ccc4c(c3)nc3n4CCN4CCC[C@H]4C3)cn2c1. The first-order chi connectivity index (χ1) is 25.7. The van der Waals surface area contributed by atoms with Crippen LogP contribution in [-0.2, 0) is 25.9 Å². The summed E-state index contributed by atoms with van der Waals surface area (Å²) in [5.74, 6) is 2.54. The molecule has 4 aliphatic rings. The van der Waals surface area contributed by atoms with Gasteiger partial charge in [0.05, 0.1) is 22.1 Å². The Morgan fingerprint density at radius 2 is 0.962 bits per heavy atom. The molecule has 2 aromatic carbocycles. The van der Waals surface area contributed by atoms with Crippen molar-refractivity contribution in [1.29, 1.82) is 0 Å². The lowest BCUT2D eigenvalue weighted by Crippen LogP contribution is -2.30. The second kappa shape index (κ2) is 13.0. The number of hydrogen-bond donors (Lipinski definition) is 0. The largest absolute Gasteiger partial charge is 0.327 e. The van der Waals surface area contributed by atoms with Crippen molar-refractivity contribution in [2.75, 3.05) is 26.2 Å². The Bertz CT molecular complexity index is 2420. The van der Waals surface area contributed by atoms with E-state index in [1.807, 2.05) is 0 Å². The minimum atomic E-state index is 0. The van der Waals surface area contributed by atoms with E-state index in [1.165, 1.54) is 94.7 Å². The normalized spacial score (nSPS) is 20.0. The zero-order valence-electron chi connectivity index (χ0n) is 29.6. The molecule has 0 N–H and O–H groups in total. The number of hydrogen-bond acceptors (Lipinski definition) is 4. The Morgan fingerprint density at radius 3 is 1.45 bits per heavy atom. The minimum Gasteiger partial charge on any atom is -0.327 e. The van der Waals surface area contributed by atoms with E-state index < -0.39 is 0 Å². The van der Waals surface area contributed by atoms with Crippen LogP contribution in [0.2, 0.25) is 0 Å². The zero-order chi connectivity index (χ0) is 34.2. The van der Waals surface area contributed by atoms with Crippen LogP contribution in [0.4, 0.5) is 0 Å². The summed E-state index contributed by atoms with van der Waals surface area (Å²) in [7, 11) is 0. The van der Waals surface area contributed by atoms with Gasteiger partial charge in [-0.15, -0.1) is 0 Å². The number of imidazole rings is 2. The van der Waals surface area contributed by atoms with Gasteiger partial charge >= 0.3 is 0 Å². The topological polar surface area (TPSA) is 50.9 Å². The maximum atomic E-state index is 5.04. The van der Waals surface area contributed by atoms with Crippen LogP contribution in [0, 0.1) is 0 Å². The van der Waals surface area contributed by atoms with E-state index in [2.05, 4.69) is 137 Å². The molecule has 0 aliphatic carbocycles. The van der Waals surface area contributed by atoms with Crippen molar-refractivity contribution in [3.63, 3.8) is 0 Å². The van der Waals surface area contributed by atoms with E-state index in [0.717, 1.165) is 50.1 Å². The van der Waals surface area contributed by atoms with Crippen molar-refractivity contribution < 1.29 is 0 Å². The lowest BCUT2D eigenvalue weighted by Gasteiger charge is -2.20. The maximum Gasteiger partial charge on any atom is 0.111 e. The van der Waals surface area contributed by atoms with Gasteiger partial charge in [0.25, 0.3) is 0 Å². The molecule has 2 fully saturated rings. The van der Waals surface area contributed by atoms with Crippen LogP contribution in [0.5, 0.6) is 0 Å². The van der Waals surface area contributed by atoms with Crippen LogP contribution in [0.1, 0.15) is 44.8 Å². The summed E-state index contributed by atoms with van der Waals surface area (Å²) in [5.41, 5.74) is 12.2. The number of nitrogens with zero attached hydrogens (tertiary/aromatic N) is 8. The number of rotatable bonds is 2. The smallest absolute Gasteiger partial charge is 0.111 e. The van der Waals surface area contributed by atoms with E-state index in [9.17, 15) is 0 Å². The van der Waals surface area contributed by atoms with Gasteiger partial charge in [0.1, 0.15) is 11.6 Å². The fourth-order valence-corrected chi connectivity index (χ4v) is 9.66. The van der Waals surface area contributed by atoms with Crippen molar-refractivity contribution in [2.45, 2.75) is 71.1 Å². The van der Waals surface area contributed by atoms with E-state index >= 15 is 0 Å². The summed E-state index contributed by atoms with van der Waals surface area (Å²) >= 11 is 0. The van der Waals surface area contributed by atoms with Crippen LogP contribution in [0.3, 0.4) is 0 Å². The molecule has 268 valence electrons. The number of pyridine rings is 2. The van der Waals surface area contributed by atoms with Crippen LogP contribution >= 0.6 is 0 Å². The number of benzene rings is 2.